The van der Waals surface area contributed by atoms with Gasteiger partial charge in [-0.15, -0.1) is 0 Å². The zero-order valence-corrected chi connectivity index (χ0v) is 14.9. The number of amides is 2. The molecule has 0 spiro atoms. The Morgan fingerprint density at radius 2 is 1.82 bits per heavy atom. The molecule has 0 radical (unpaired) electrons. The number of anilines is 2. The van der Waals surface area contributed by atoms with Crippen molar-refractivity contribution < 1.29 is 27.1 Å². The number of hydrogen-bond donors (Lipinski definition) is 2. The Morgan fingerprint density at radius 3 is 2.50 bits per heavy atom. The molecule has 2 N–H and O–H groups in total. The van der Waals surface area contributed by atoms with Gasteiger partial charge in [0.15, 0.2) is 0 Å². The molecule has 150 valence electrons. The van der Waals surface area contributed by atoms with Gasteiger partial charge in [-0.2, -0.15) is 13.2 Å². The standard InChI is InChI=1S/C19H19F4N3O2/c20-16-4-2-1-3-13(16)12-24-18(27)25-17-6-5-14(11-15(17)19(21,22)23)26-7-9-28-10-8-26/h1-6,11H,7-10,12H2,(H2,24,25,27). The third-order valence-electron chi connectivity index (χ3n) is 4.33. The van der Waals surface area contributed by atoms with Gasteiger partial charge < -0.3 is 20.3 Å². The molecule has 2 amide bonds. The van der Waals surface area contributed by atoms with Crippen molar-refractivity contribution in [2.75, 3.05) is 36.5 Å². The molecule has 0 unspecified atom stereocenters. The van der Waals surface area contributed by atoms with Crippen molar-refractivity contribution in [1.82, 2.24) is 5.32 Å². The van der Waals surface area contributed by atoms with Gasteiger partial charge in [0.1, 0.15) is 5.82 Å². The Labute approximate surface area is 159 Å². The minimum Gasteiger partial charge on any atom is -0.378 e. The summed E-state index contributed by atoms with van der Waals surface area (Å²) in [6.45, 7) is 1.73. The van der Waals surface area contributed by atoms with Crippen molar-refractivity contribution in [2.45, 2.75) is 12.7 Å². The average Bonchev–Trinajstić information content (AvgIpc) is 2.67. The van der Waals surface area contributed by atoms with Crippen molar-refractivity contribution in [2.24, 2.45) is 0 Å². The Kier molecular flexibility index (Phi) is 6.03. The maximum Gasteiger partial charge on any atom is 0.418 e. The summed E-state index contributed by atoms with van der Waals surface area (Å²) in [5, 5.41) is 4.56. The third kappa shape index (κ3) is 4.92. The van der Waals surface area contributed by atoms with Crippen LogP contribution in [-0.2, 0) is 17.5 Å². The molecule has 0 atom stereocenters. The van der Waals surface area contributed by atoms with Gasteiger partial charge in [-0.25, -0.2) is 9.18 Å². The summed E-state index contributed by atoms with van der Waals surface area (Å²) in [4.78, 5) is 13.8. The van der Waals surface area contributed by atoms with E-state index in [1.54, 1.807) is 11.0 Å². The summed E-state index contributed by atoms with van der Waals surface area (Å²) in [6, 6.07) is 8.72. The second-order valence-electron chi connectivity index (χ2n) is 6.23. The lowest BCUT2D eigenvalue weighted by atomic mass is 10.1. The number of nitrogens with one attached hydrogen (secondary N) is 2. The average molecular weight is 397 g/mol. The molecule has 28 heavy (non-hydrogen) atoms. The molecule has 1 aliphatic heterocycles. The summed E-state index contributed by atoms with van der Waals surface area (Å²) in [6.07, 6.45) is -4.64. The Morgan fingerprint density at radius 1 is 1.11 bits per heavy atom. The zero-order chi connectivity index (χ0) is 20.1. The first-order chi connectivity index (χ1) is 13.3. The van der Waals surface area contributed by atoms with Crippen LogP contribution >= 0.6 is 0 Å². The van der Waals surface area contributed by atoms with Gasteiger partial charge in [-0.05, 0) is 24.3 Å². The summed E-state index contributed by atoms with van der Waals surface area (Å²) in [7, 11) is 0. The minimum atomic E-state index is -4.64. The lowest BCUT2D eigenvalue weighted by molar-refractivity contribution is -0.136. The fraction of sp³-hybridized carbons (Fsp3) is 0.316. The second kappa shape index (κ2) is 8.47. The largest absolute Gasteiger partial charge is 0.418 e. The quantitative estimate of drug-likeness (QED) is 0.767. The molecule has 1 heterocycles. The Bertz CT molecular complexity index is 836. The molecule has 9 heteroatoms. The maximum atomic E-state index is 13.6. The molecule has 1 fully saturated rings. The van der Waals surface area contributed by atoms with E-state index in [2.05, 4.69) is 10.6 Å². The van der Waals surface area contributed by atoms with Crippen LogP contribution in [0.25, 0.3) is 0 Å². The van der Waals surface area contributed by atoms with Crippen LogP contribution in [0.3, 0.4) is 0 Å². The maximum absolute atomic E-state index is 13.6. The number of urea groups is 1. The molecule has 0 aliphatic carbocycles. The highest BCUT2D eigenvalue weighted by Gasteiger charge is 2.34. The van der Waals surface area contributed by atoms with Crippen LogP contribution < -0.4 is 15.5 Å². The van der Waals surface area contributed by atoms with Crippen LogP contribution in [0.15, 0.2) is 42.5 Å². The van der Waals surface area contributed by atoms with Crippen LogP contribution in [0.5, 0.6) is 0 Å². The highest BCUT2D eigenvalue weighted by molar-refractivity contribution is 5.90. The monoisotopic (exact) mass is 397 g/mol. The summed E-state index contributed by atoms with van der Waals surface area (Å²) in [5.41, 5.74) is -0.669. The van der Waals surface area contributed by atoms with Gasteiger partial charge in [0.2, 0.25) is 0 Å². The first kappa shape index (κ1) is 19.9. The van der Waals surface area contributed by atoms with Crippen molar-refractivity contribution in [1.29, 1.82) is 0 Å². The first-order valence-electron chi connectivity index (χ1n) is 8.67. The lowest BCUT2D eigenvalue weighted by Gasteiger charge is -2.29. The topological polar surface area (TPSA) is 53.6 Å². The van der Waals surface area contributed by atoms with E-state index in [1.807, 2.05) is 0 Å². The number of hydrogen-bond acceptors (Lipinski definition) is 3. The van der Waals surface area contributed by atoms with E-state index in [4.69, 9.17) is 4.74 Å². The SMILES string of the molecule is O=C(NCc1ccccc1F)Nc1ccc(N2CCOCC2)cc1C(F)(F)F. The first-order valence-corrected chi connectivity index (χ1v) is 8.67. The summed E-state index contributed by atoms with van der Waals surface area (Å²) < 4.78 is 59.2. The number of benzene rings is 2. The predicted octanol–water partition coefficient (Wildman–Crippen LogP) is 4.00. The van der Waals surface area contributed by atoms with Crippen molar-refractivity contribution >= 4 is 17.4 Å². The molecule has 1 aliphatic rings. The normalized spacial score (nSPS) is 14.6. The minimum absolute atomic E-state index is 0.147. The Balaban J connectivity index is 1.73. The highest BCUT2D eigenvalue weighted by atomic mass is 19.4. The molecule has 2 aromatic rings. The number of ether oxygens (including phenoxy) is 1. The van der Waals surface area contributed by atoms with Gasteiger partial charge >= 0.3 is 12.2 Å². The van der Waals surface area contributed by atoms with E-state index in [0.29, 0.717) is 32.0 Å². The van der Waals surface area contributed by atoms with Gasteiger partial charge in [-0.1, -0.05) is 18.2 Å². The lowest BCUT2D eigenvalue weighted by Crippen LogP contribution is -2.36. The summed E-state index contributed by atoms with van der Waals surface area (Å²) >= 11 is 0. The highest BCUT2D eigenvalue weighted by Crippen LogP contribution is 2.37. The zero-order valence-electron chi connectivity index (χ0n) is 14.9. The van der Waals surface area contributed by atoms with Crippen LogP contribution in [0.1, 0.15) is 11.1 Å². The molecule has 1 saturated heterocycles. The van der Waals surface area contributed by atoms with Crippen LogP contribution in [-0.4, -0.2) is 32.3 Å². The molecular weight excluding hydrogens is 378 g/mol. The fourth-order valence-electron chi connectivity index (χ4n) is 2.88. The number of alkyl halides is 3. The van der Waals surface area contributed by atoms with Gasteiger partial charge in [-0.3, -0.25) is 0 Å². The van der Waals surface area contributed by atoms with Crippen molar-refractivity contribution in [3.63, 3.8) is 0 Å². The molecule has 0 aromatic heterocycles. The van der Waals surface area contributed by atoms with E-state index in [9.17, 15) is 22.4 Å². The Hall–Kier alpha value is -2.81. The molecule has 0 saturated carbocycles. The van der Waals surface area contributed by atoms with Crippen LogP contribution in [0, 0.1) is 5.82 Å². The number of carbonyl (C=O) groups excluding carboxylic acids is 1. The van der Waals surface area contributed by atoms with E-state index >= 15 is 0 Å². The van der Waals surface area contributed by atoms with E-state index in [1.165, 1.54) is 30.3 Å². The molecule has 5 nitrogen and oxygen atoms in total. The molecule has 2 aromatic carbocycles. The van der Waals surface area contributed by atoms with Crippen LogP contribution in [0.2, 0.25) is 0 Å². The van der Waals surface area contributed by atoms with Crippen molar-refractivity contribution in [3.05, 3.63) is 59.4 Å². The molecule has 3 rings (SSSR count). The number of halogens is 4. The van der Waals surface area contributed by atoms with E-state index < -0.39 is 23.6 Å². The third-order valence-corrected chi connectivity index (χ3v) is 4.33. The smallest absolute Gasteiger partial charge is 0.378 e. The van der Waals surface area contributed by atoms with Gasteiger partial charge in [0.25, 0.3) is 0 Å². The number of morpholine rings is 1. The number of rotatable bonds is 4. The van der Waals surface area contributed by atoms with E-state index in [-0.39, 0.29) is 17.8 Å². The number of carbonyl (C=O) groups is 1. The summed E-state index contributed by atoms with van der Waals surface area (Å²) in [5.74, 6) is -0.506. The predicted molar refractivity (Wildman–Crippen MR) is 96.7 cm³/mol. The van der Waals surface area contributed by atoms with E-state index in [0.717, 1.165) is 6.07 Å². The fourth-order valence-corrected chi connectivity index (χ4v) is 2.88. The number of nitrogens with zero attached hydrogens (tertiary/aromatic N) is 1. The van der Waals surface area contributed by atoms with Crippen molar-refractivity contribution in [3.8, 4) is 0 Å². The molecular formula is C19H19F4N3O2. The van der Waals surface area contributed by atoms with Gasteiger partial charge in [0, 0.05) is 30.9 Å². The van der Waals surface area contributed by atoms with Crippen LogP contribution in [0.4, 0.5) is 33.7 Å². The van der Waals surface area contributed by atoms with Gasteiger partial charge in [0.05, 0.1) is 24.5 Å². The second-order valence-corrected chi connectivity index (χ2v) is 6.23. The molecule has 0 bridgehead atoms.